The maximum Gasteiger partial charge on any atom is 0.673 e. The molecule has 0 bridgehead atoms. The Balaban J connectivity index is -0.0000000652. The fourth-order valence-electron chi connectivity index (χ4n) is 0.144. The molecule has 0 unspecified atom stereocenters. The number of carbonyl (C=O) groups excluding carboxylic acids is 1. The summed E-state index contributed by atoms with van der Waals surface area (Å²) < 4.78 is 122. The Hall–Kier alpha value is -1.22. The van der Waals surface area contributed by atoms with Crippen molar-refractivity contribution in [1.82, 2.24) is 0 Å². The van der Waals surface area contributed by atoms with Gasteiger partial charge in [-0.3, -0.25) is 4.79 Å². The standard InChI is InChI=1S/C5H10O2.CH5N.3BF4/c1-5(2,3)7-4-6;1-2;3*2-1(3,4)5/h4H,1-3H3;2H2,1H3;;;/q;;3*-1. The van der Waals surface area contributed by atoms with Crippen LogP contribution in [0.2, 0.25) is 0 Å². The second kappa shape index (κ2) is 15.3. The minimum absolute atomic E-state index is 0.318. The van der Waals surface area contributed by atoms with Crippen LogP contribution >= 0.6 is 0 Å². The summed E-state index contributed by atoms with van der Waals surface area (Å²) in [6, 6.07) is 0. The van der Waals surface area contributed by atoms with Crippen molar-refractivity contribution in [1.29, 1.82) is 0 Å². The van der Waals surface area contributed by atoms with E-state index >= 15 is 0 Å². The van der Waals surface area contributed by atoms with Crippen molar-refractivity contribution in [3.8, 4) is 0 Å². The first-order valence-corrected chi connectivity index (χ1v) is 5.37. The van der Waals surface area contributed by atoms with Crippen LogP contribution in [-0.4, -0.2) is 40.9 Å². The average Bonchev–Trinajstić information content (AvgIpc) is 2.09. The van der Waals surface area contributed by atoms with Crippen LogP contribution in [0.4, 0.5) is 51.8 Å². The molecule has 0 saturated heterocycles. The summed E-state index contributed by atoms with van der Waals surface area (Å²) in [4.78, 5) is 9.60. The predicted molar refractivity (Wildman–Crippen MR) is 67.6 cm³/mol. The second-order valence-electron chi connectivity index (χ2n) is 3.81. The largest absolute Gasteiger partial charge is 0.673 e. The monoisotopic (exact) mass is 394 g/mol. The normalized spacial score (nSPS) is 10.9. The Kier molecular flexibility index (Phi) is 21.8. The SMILES string of the molecule is CC(C)(C)OC=O.CN.F[B-](F)(F)F.F[B-](F)(F)F.F[B-](F)(F)F. The molecule has 0 spiro atoms. The highest BCUT2D eigenvalue weighted by Gasteiger charge is 2.21. The molecular weight excluding hydrogens is 378 g/mol. The van der Waals surface area contributed by atoms with Gasteiger partial charge < -0.3 is 62.3 Å². The lowest BCUT2D eigenvalue weighted by atomic mass is 10.2. The Bertz CT molecular complexity index is 227. The molecule has 24 heavy (non-hydrogen) atoms. The van der Waals surface area contributed by atoms with E-state index in [-0.39, 0.29) is 5.60 Å². The summed E-state index contributed by atoms with van der Waals surface area (Å²) in [5.74, 6) is 0. The minimum atomic E-state index is -6.00. The van der Waals surface area contributed by atoms with E-state index in [1.165, 1.54) is 7.05 Å². The van der Waals surface area contributed by atoms with Gasteiger partial charge in [-0.05, 0) is 27.8 Å². The minimum Gasteiger partial charge on any atom is -0.462 e. The van der Waals surface area contributed by atoms with Gasteiger partial charge in [-0.2, -0.15) is 0 Å². The number of ether oxygens (including phenoxy) is 1. The van der Waals surface area contributed by atoms with E-state index in [1.54, 1.807) is 0 Å². The summed E-state index contributed by atoms with van der Waals surface area (Å²) in [6.07, 6.45) is 0. The third-order valence-corrected chi connectivity index (χ3v) is 0.402. The number of carbonyl (C=O) groups is 1. The van der Waals surface area contributed by atoms with E-state index in [2.05, 4.69) is 10.5 Å². The van der Waals surface area contributed by atoms with Gasteiger partial charge in [-0.15, -0.1) is 0 Å². The molecule has 0 saturated carbocycles. The van der Waals surface area contributed by atoms with E-state index in [4.69, 9.17) is 0 Å². The summed E-state index contributed by atoms with van der Waals surface area (Å²) in [5, 5.41) is 0. The molecular formula is C6H15B3F12NO2-3. The Labute approximate surface area is 130 Å². The molecule has 18 heteroatoms. The van der Waals surface area contributed by atoms with Gasteiger partial charge in [0.25, 0.3) is 6.47 Å². The molecule has 0 radical (unpaired) electrons. The zero-order valence-corrected chi connectivity index (χ0v) is 12.7. The summed E-state index contributed by atoms with van der Waals surface area (Å²) in [5.41, 5.74) is 4.18. The molecule has 152 valence electrons. The van der Waals surface area contributed by atoms with E-state index < -0.39 is 21.8 Å². The quantitative estimate of drug-likeness (QED) is 0.407. The number of nitrogens with two attached hydrogens (primary N) is 1. The fraction of sp³-hybridized carbons (Fsp3) is 0.833. The molecule has 0 aliphatic rings. The summed E-state index contributed by atoms with van der Waals surface area (Å²) >= 11 is 0. The molecule has 0 aromatic rings. The van der Waals surface area contributed by atoms with E-state index in [1.807, 2.05) is 20.8 Å². The van der Waals surface area contributed by atoms with Crippen LogP contribution in [-0.2, 0) is 9.53 Å². The molecule has 0 aromatic heterocycles. The van der Waals surface area contributed by atoms with Gasteiger partial charge in [0.1, 0.15) is 5.60 Å². The average molecular weight is 394 g/mol. The van der Waals surface area contributed by atoms with Crippen LogP contribution in [0.25, 0.3) is 0 Å². The lowest BCUT2D eigenvalue weighted by molar-refractivity contribution is -0.138. The Morgan fingerprint density at radius 1 is 0.667 bits per heavy atom. The highest BCUT2D eigenvalue weighted by Crippen LogP contribution is 2.07. The van der Waals surface area contributed by atoms with Gasteiger partial charge >= 0.3 is 21.8 Å². The zero-order valence-electron chi connectivity index (χ0n) is 12.7. The number of rotatable bonds is 1. The van der Waals surface area contributed by atoms with Gasteiger partial charge in [-0.25, -0.2) is 0 Å². The van der Waals surface area contributed by atoms with Gasteiger partial charge in [0.2, 0.25) is 0 Å². The van der Waals surface area contributed by atoms with Crippen LogP contribution in [0, 0.1) is 0 Å². The predicted octanol–water partition coefficient (Wildman–Crippen LogP) is 4.43. The first-order chi connectivity index (χ1) is 10.1. The van der Waals surface area contributed by atoms with E-state index in [0.717, 1.165) is 0 Å². The zero-order chi connectivity index (χ0) is 21.4. The van der Waals surface area contributed by atoms with Crippen molar-refractivity contribution >= 4 is 28.2 Å². The van der Waals surface area contributed by atoms with Crippen molar-refractivity contribution in [3.05, 3.63) is 0 Å². The molecule has 0 rings (SSSR count). The Morgan fingerprint density at radius 2 is 0.792 bits per heavy atom. The third kappa shape index (κ3) is 1050. The maximum absolute atomic E-state index is 9.75. The highest BCUT2D eigenvalue weighted by atomic mass is 19.5. The summed E-state index contributed by atoms with van der Waals surface area (Å²) in [7, 11) is -16.5. The molecule has 0 aliphatic carbocycles. The van der Waals surface area contributed by atoms with Gasteiger partial charge in [0, 0.05) is 0 Å². The van der Waals surface area contributed by atoms with Crippen molar-refractivity contribution < 1.29 is 61.3 Å². The van der Waals surface area contributed by atoms with Gasteiger partial charge in [-0.1, -0.05) is 0 Å². The smallest absolute Gasteiger partial charge is 0.462 e. The lowest BCUT2D eigenvalue weighted by Gasteiger charge is -2.14. The van der Waals surface area contributed by atoms with E-state index in [0.29, 0.717) is 6.47 Å². The van der Waals surface area contributed by atoms with Crippen molar-refractivity contribution in [2.75, 3.05) is 7.05 Å². The van der Waals surface area contributed by atoms with E-state index in [9.17, 15) is 56.6 Å². The molecule has 0 aromatic carbocycles. The van der Waals surface area contributed by atoms with Crippen LogP contribution in [0.15, 0.2) is 0 Å². The first kappa shape index (κ1) is 34.2. The number of halogens is 12. The lowest BCUT2D eigenvalue weighted by Crippen LogP contribution is -2.17. The van der Waals surface area contributed by atoms with Crippen LogP contribution in [0.1, 0.15) is 20.8 Å². The molecule has 3 nitrogen and oxygen atoms in total. The number of hydrogen-bond acceptors (Lipinski definition) is 3. The maximum atomic E-state index is 9.75. The first-order valence-electron chi connectivity index (χ1n) is 5.37. The second-order valence-corrected chi connectivity index (χ2v) is 3.81. The molecule has 0 atom stereocenters. The van der Waals surface area contributed by atoms with Crippen LogP contribution < -0.4 is 5.73 Å². The van der Waals surface area contributed by atoms with Crippen molar-refractivity contribution in [2.45, 2.75) is 26.4 Å². The fourth-order valence-corrected chi connectivity index (χ4v) is 0.144. The van der Waals surface area contributed by atoms with Crippen molar-refractivity contribution in [3.63, 3.8) is 0 Å². The third-order valence-electron chi connectivity index (χ3n) is 0.402. The number of hydrogen-bond donors (Lipinski definition) is 1. The Morgan fingerprint density at radius 3 is 0.792 bits per heavy atom. The molecule has 0 aliphatic heterocycles. The highest BCUT2D eigenvalue weighted by molar-refractivity contribution is 6.50. The van der Waals surface area contributed by atoms with Gasteiger partial charge in [0.05, 0.1) is 0 Å². The van der Waals surface area contributed by atoms with Gasteiger partial charge in [0.15, 0.2) is 0 Å². The van der Waals surface area contributed by atoms with Crippen LogP contribution in [0.5, 0.6) is 0 Å². The summed E-state index contributed by atoms with van der Waals surface area (Å²) in [6.45, 7) is 5.92. The molecule has 0 amide bonds. The molecule has 0 fully saturated rings. The van der Waals surface area contributed by atoms with Crippen LogP contribution in [0.3, 0.4) is 0 Å². The van der Waals surface area contributed by atoms with Crippen molar-refractivity contribution in [2.24, 2.45) is 5.73 Å². The molecule has 0 heterocycles. The topological polar surface area (TPSA) is 52.3 Å². The molecule has 2 N–H and O–H groups in total.